The van der Waals surface area contributed by atoms with E-state index in [1.807, 2.05) is 18.2 Å². The summed E-state index contributed by atoms with van der Waals surface area (Å²) in [5.41, 5.74) is 4.31. The first-order valence-electron chi connectivity index (χ1n) is 12.0. The first-order chi connectivity index (χ1) is 19.2. The molecule has 8 nitrogen and oxygen atoms in total. The lowest BCUT2D eigenvalue weighted by atomic mass is 10.2. The summed E-state index contributed by atoms with van der Waals surface area (Å²) >= 11 is 12.0. The van der Waals surface area contributed by atoms with Gasteiger partial charge in [-0.25, -0.2) is 13.8 Å². The number of ether oxygens (including phenoxy) is 2. The maximum absolute atomic E-state index is 13.5. The summed E-state index contributed by atoms with van der Waals surface area (Å²) in [6.07, 6.45) is 1.45. The molecule has 0 aliphatic carbocycles. The second-order valence-corrected chi connectivity index (χ2v) is 11.2. The Hall–Kier alpha value is -4.05. The van der Waals surface area contributed by atoms with E-state index in [1.54, 1.807) is 42.5 Å². The van der Waals surface area contributed by atoms with Crippen LogP contribution in [0.4, 0.5) is 5.69 Å². The minimum absolute atomic E-state index is 0.00257. The fraction of sp³-hybridized carbons (Fsp3) is 0.103. The third-order valence-corrected chi connectivity index (χ3v) is 7.90. The molecule has 0 heterocycles. The summed E-state index contributed by atoms with van der Waals surface area (Å²) < 4.78 is 38.8. The van der Waals surface area contributed by atoms with Gasteiger partial charge in [0.05, 0.1) is 23.9 Å². The van der Waals surface area contributed by atoms with Crippen molar-refractivity contribution in [2.45, 2.75) is 11.5 Å². The summed E-state index contributed by atoms with van der Waals surface area (Å²) in [4.78, 5) is 12.8. The van der Waals surface area contributed by atoms with E-state index in [-0.39, 0.29) is 10.6 Å². The normalized spacial score (nSPS) is 11.3. The van der Waals surface area contributed by atoms with Gasteiger partial charge in [0.1, 0.15) is 24.7 Å². The highest BCUT2D eigenvalue weighted by Crippen LogP contribution is 2.26. The smallest absolute Gasteiger partial charge is 0.264 e. The van der Waals surface area contributed by atoms with Gasteiger partial charge in [-0.2, -0.15) is 5.10 Å². The Morgan fingerprint density at radius 3 is 2.23 bits per heavy atom. The Labute approximate surface area is 242 Å². The zero-order chi connectivity index (χ0) is 28.5. The maximum atomic E-state index is 13.5. The molecule has 0 aliphatic rings. The van der Waals surface area contributed by atoms with Crippen molar-refractivity contribution >= 4 is 51.0 Å². The van der Waals surface area contributed by atoms with Crippen LogP contribution in [0.15, 0.2) is 107 Å². The predicted octanol–water partition coefficient (Wildman–Crippen LogP) is 5.93. The van der Waals surface area contributed by atoms with E-state index in [4.69, 9.17) is 32.7 Å². The van der Waals surface area contributed by atoms with Crippen molar-refractivity contribution in [1.29, 1.82) is 0 Å². The molecule has 0 saturated carbocycles. The molecular weight excluding hydrogens is 573 g/mol. The van der Waals surface area contributed by atoms with Crippen LogP contribution in [0, 0.1) is 0 Å². The number of halogens is 2. The highest BCUT2D eigenvalue weighted by atomic mass is 35.5. The van der Waals surface area contributed by atoms with Crippen LogP contribution in [0.3, 0.4) is 0 Å². The van der Waals surface area contributed by atoms with Crippen LogP contribution in [-0.4, -0.2) is 34.2 Å². The van der Waals surface area contributed by atoms with E-state index in [0.717, 1.165) is 9.87 Å². The number of sulfonamides is 1. The van der Waals surface area contributed by atoms with E-state index in [2.05, 4.69) is 10.5 Å². The predicted molar refractivity (Wildman–Crippen MR) is 157 cm³/mol. The first kappa shape index (κ1) is 28.9. The van der Waals surface area contributed by atoms with Gasteiger partial charge in [0.25, 0.3) is 15.9 Å². The van der Waals surface area contributed by atoms with Crippen molar-refractivity contribution in [1.82, 2.24) is 5.43 Å². The second kappa shape index (κ2) is 13.3. The van der Waals surface area contributed by atoms with Crippen LogP contribution in [-0.2, 0) is 21.4 Å². The van der Waals surface area contributed by atoms with E-state index < -0.39 is 22.5 Å². The molecule has 0 radical (unpaired) electrons. The van der Waals surface area contributed by atoms with Gasteiger partial charge in [0.2, 0.25) is 0 Å². The number of benzene rings is 4. The summed E-state index contributed by atoms with van der Waals surface area (Å²) in [5.74, 6) is 0.526. The van der Waals surface area contributed by atoms with E-state index >= 15 is 0 Å². The first-order valence-corrected chi connectivity index (χ1v) is 14.2. The number of rotatable bonds is 11. The van der Waals surface area contributed by atoms with Gasteiger partial charge >= 0.3 is 0 Å². The molecule has 0 fully saturated rings. The molecule has 1 N–H and O–H groups in total. The topological polar surface area (TPSA) is 97.3 Å². The molecule has 0 aliphatic heterocycles. The fourth-order valence-electron chi connectivity index (χ4n) is 3.59. The fourth-order valence-corrected chi connectivity index (χ4v) is 5.35. The molecule has 0 bridgehead atoms. The van der Waals surface area contributed by atoms with Crippen molar-refractivity contribution in [3.05, 3.63) is 118 Å². The third kappa shape index (κ3) is 7.75. The average molecular weight is 599 g/mol. The quantitative estimate of drug-likeness (QED) is 0.171. The summed E-state index contributed by atoms with van der Waals surface area (Å²) in [5, 5.41) is 5.05. The molecular formula is C29H25Cl2N3O5S. The number of nitrogens with zero attached hydrogens (tertiary/aromatic N) is 2. The van der Waals surface area contributed by atoms with Crippen LogP contribution >= 0.6 is 23.2 Å². The number of hydrazone groups is 1. The minimum Gasteiger partial charge on any atom is -0.497 e. The number of carbonyl (C=O) groups is 1. The molecule has 0 atom stereocenters. The molecule has 40 heavy (non-hydrogen) atoms. The molecule has 0 spiro atoms. The van der Waals surface area contributed by atoms with Gasteiger partial charge in [0.15, 0.2) is 0 Å². The van der Waals surface area contributed by atoms with Gasteiger partial charge in [-0.3, -0.25) is 9.10 Å². The Morgan fingerprint density at radius 2 is 1.57 bits per heavy atom. The van der Waals surface area contributed by atoms with E-state index in [1.165, 1.54) is 49.7 Å². The number of nitrogens with one attached hydrogen (secondary N) is 1. The average Bonchev–Trinajstić information content (AvgIpc) is 2.96. The molecule has 11 heteroatoms. The Kier molecular flexibility index (Phi) is 9.65. The highest BCUT2D eigenvalue weighted by molar-refractivity contribution is 7.92. The SMILES string of the molecule is COc1ccc(S(=O)(=O)N(CC(=O)N/N=C\c2ccc(OCc3cccc(Cl)c3)cc2)c2ccc(Cl)cc2)cc1. The lowest BCUT2D eigenvalue weighted by molar-refractivity contribution is -0.119. The van der Waals surface area contributed by atoms with Gasteiger partial charge in [-0.15, -0.1) is 0 Å². The number of anilines is 1. The van der Waals surface area contributed by atoms with E-state index in [0.29, 0.717) is 33.7 Å². The standard InChI is InChI=1S/C29H25Cl2N3O5S/c1-38-26-13-15-28(16-14-26)40(36,37)34(25-9-7-23(30)8-10-25)19-29(35)33-32-18-21-5-11-27(12-6-21)39-20-22-3-2-4-24(31)17-22/h2-18H,19-20H2,1H3,(H,33,35)/b32-18-. The van der Waals surface area contributed by atoms with Crippen LogP contribution in [0.5, 0.6) is 11.5 Å². The Morgan fingerprint density at radius 1 is 0.900 bits per heavy atom. The van der Waals surface area contributed by atoms with Crippen LogP contribution in [0.25, 0.3) is 0 Å². The highest BCUT2D eigenvalue weighted by Gasteiger charge is 2.27. The lowest BCUT2D eigenvalue weighted by Crippen LogP contribution is -2.39. The molecule has 0 unspecified atom stereocenters. The Balaban J connectivity index is 1.41. The molecule has 4 aromatic carbocycles. The minimum atomic E-state index is -4.10. The molecule has 0 aromatic heterocycles. The van der Waals surface area contributed by atoms with Crippen molar-refractivity contribution in [2.75, 3.05) is 18.0 Å². The number of hydrogen-bond acceptors (Lipinski definition) is 6. The lowest BCUT2D eigenvalue weighted by Gasteiger charge is -2.23. The van der Waals surface area contributed by atoms with Crippen molar-refractivity contribution < 1.29 is 22.7 Å². The van der Waals surface area contributed by atoms with Crippen molar-refractivity contribution in [3.63, 3.8) is 0 Å². The third-order valence-electron chi connectivity index (χ3n) is 5.63. The Bertz CT molecular complexity index is 1580. The largest absolute Gasteiger partial charge is 0.497 e. The zero-order valence-corrected chi connectivity index (χ0v) is 23.7. The van der Waals surface area contributed by atoms with Crippen LogP contribution in [0.2, 0.25) is 10.0 Å². The van der Waals surface area contributed by atoms with Gasteiger partial charge < -0.3 is 9.47 Å². The number of amides is 1. The summed E-state index contributed by atoms with van der Waals surface area (Å²) in [7, 11) is -2.61. The molecule has 1 amide bonds. The van der Waals surface area contributed by atoms with Gasteiger partial charge in [-0.05, 0) is 96.1 Å². The maximum Gasteiger partial charge on any atom is 0.264 e. The molecule has 206 valence electrons. The summed E-state index contributed by atoms with van der Waals surface area (Å²) in [6.45, 7) is -0.142. The zero-order valence-electron chi connectivity index (χ0n) is 21.3. The molecule has 4 rings (SSSR count). The number of methoxy groups -OCH3 is 1. The van der Waals surface area contributed by atoms with Gasteiger partial charge in [0, 0.05) is 10.0 Å². The number of carbonyl (C=O) groups excluding carboxylic acids is 1. The van der Waals surface area contributed by atoms with Crippen molar-refractivity contribution in [2.24, 2.45) is 5.10 Å². The molecule has 0 saturated heterocycles. The van der Waals surface area contributed by atoms with E-state index in [9.17, 15) is 13.2 Å². The van der Waals surface area contributed by atoms with Crippen LogP contribution < -0.4 is 19.2 Å². The second-order valence-electron chi connectivity index (χ2n) is 8.44. The number of hydrogen-bond donors (Lipinski definition) is 1. The summed E-state index contributed by atoms with van der Waals surface area (Å²) in [6, 6.07) is 26.5. The molecule has 4 aromatic rings. The van der Waals surface area contributed by atoms with Crippen LogP contribution in [0.1, 0.15) is 11.1 Å². The van der Waals surface area contributed by atoms with Gasteiger partial charge in [-0.1, -0.05) is 35.3 Å². The van der Waals surface area contributed by atoms with Crippen molar-refractivity contribution in [3.8, 4) is 11.5 Å². The monoisotopic (exact) mass is 597 g/mol.